The maximum atomic E-state index is 14.4. The molecule has 0 radical (unpaired) electrons. The first-order chi connectivity index (χ1) is 14.0. The van der Waals surface area contributed by atoms with E-state index in [1.807, 2.05) is 49.4 Å². The summed E-state index contributed by atoms with van der Waals surface area (Å²) >= 11 is 0. The molecule has 1 heterocycles. The van der Waals surface area contributed by atoms with Crippen LogP contribution >= 0.6 is 0 Å². The summed E-state index contributed by atoms with van der Waals surface area (Å²) in [6.07, 6.45) is 0. The average Bonchev–Trinajstić information content (AvgIpc) is 2.84. The zero-order valence-corrected chi connectivity index (χ0v) is 15.7. The molecule has 1 N–H and O–H groups in total. The standard InChI is InChI=1S/C23H18F2N2O2/c1-14-10-11-19-16(12-14)22(15-6-3-2-4-7-15)27(13-20(28)26-19)23(29)21-17(24)8-5-9-18(21)25/h2-12,22H,13H2,1H3,(H,26,28)/t22-/m1/s1. The van der Waals surface area contributed by atoms with Crippen LogP contribution in [0.2, 0.25) is 0 Å². The summed E-state index contributed by atoms with van der Waals surface area (Å²) < 4.78 is 28.7. The van der Waals surface area contributed by atoms with E-state index in [0.717, 1.165) is 23.3 Å². The smallest absolute Gasteiger partial charge is 0.261 e. The zero-order valence-electron chi connectivity index (χ0n) is 15.7. The molecular formula is C23H18F2N2O2. The monoisotopic (exact) mass is 392 g/mol. The van der Waals surface area contributed by atoms with E-state index in [9.17, 15) is 18.4 Å². The van der Waals surface area contributed by atoms with Crippen LogP contribution in [-0.2, 0) is 4.79 Å². The van der Waals surface area contributed by atoms with Gasteiger partial charge in [-0.1, -0.05) is 54.1 Å². The molecule has 4 nitrogen and oxygen atoms in total. The van der Waals surface area contributed by atoms with Crippen LogP contribution in [0.25, 0.3) is 0 Å². The van der Waals surface area contributed by atoms with Gasteiger partial charge < -0.3 is 10.2 Å². The van der Waals surface area contributed by atoms with Gasteiger partial charge in [-0.3, -0.25) is 9.59 Å². The SMILES string of the molecule is Cc1ccc2c(c1)[C@@H](c1ccccc1)N(C(=O)c1c(F)cccc1F)CC(=O)N2. The molecule has 0 aromatic heterocycles. The van der Waals surface area contributed by atoms with E-state index < -0.39 is 35.1 Å². The number of nitrogens with one attached hydrogen (secondary N) is 1. The van der Waals surface area contributed by atoms with Crippen LogP contribution in [0.15, 0.2) is 66.7 Å². The molecule has 2 amide bonds. The fourth-order valence-electron chi connectivity index (χ4n) is 3.66. The molecule has 146 valence electrons. The van der Waals surface area contributed by atoms with Crippen LogP contribution in [0, 0.1) is 18.6 Å². The molecular weight excluding hydrogens is 374 g/mol. The number of rotatable bonds is 2. The van der Waals surface area contributed by atoms with E-state index in [0.29, 0.717) is 11.3 Å². The van der Waals surface area contributed by atoms with E-state index >= 15 is 0 Å². The zero-order chi connectivity index (χ0) is 20.5. The summed E-state index contributed by atoms with van der Waals surface area (Å²) in [6.45, 7) is 1.57. The van der Waals surface area contributed by atoms with Crippen LogP contribution in [0.5, 0.6) is 0 Å². The van der Waals surface area contributed by atoms with Crippen molar-refractivity contribution in [3.05, 3.63) is 101 Å². The average molecular weight is 392 g/mol. The number of carbonyl (C=O) groups is 2. The van der Waals surface area contributed by atoms with Gasteiger partial charge in [0.25, 0.3) is 5.91 Å². The number of anilines is 1. The Morgan fingerprint density at radius 3 is 2.38 bits per heavy atom. The number of hydrogen-bond acceptors (Lipinski definition) is 2. The molecule has 3 aromatic rings. The maximum absolute atomic E-state index is 14.4. The number of nitrogens with zero attached hydrogens (tertiary/aromatic N) is 1. The first kappa shape index (κ1) is 18.8. The van der Waals surface area contributed by atoms with Gasteiger partial charge in [-0.25, -0.2) is 8.78 Å². The van der Waals surface area contributed by atoms with Gasteiger partial charge in [0.2, 0.25) is 5.91 Å². The first-order valence-electron chi connectivity index (χ1n) is 9.16. The van der Waals surface area contributed by atoms with Gasteiger partial charge in [-0.2, -0.15) is 0 Å². The van der Waals surface area contributed by atoms with Crippen LogP contribution < -0.4 is 5.32 Å². The highest BCUT2D eigenvalue weighted by molar-refractivity contribution is 6.01. The van der Waals surface area contributed by atoms with Crippen LogP contribution in [0.1, 0.15) is 33.1 Å². The molecule has 3 aromatic carbocycles. The molecule has 1 atom stereocenters. The van der Waals surface area contributed by atoms with Crippen molar-refractivity contribution < 1.29 is 18.4 Å². The number of benzene rings is 3. The third-order valence-electron chi connectivity index (χ3n) is 4.95. The fraction of sp³-hybridized carbons (Fsp3) is 0.130. The summed E-state index contributed by atoms with van der Waals surface area (Å²) in [5.74, 6) is -3.23. The second kappa shape index (κ2) is 7.47. The Morgan fingerprint density at radius 1 is 1.00 bits per heavy atom. The minimum Gasteiger partial charge on any atom is -0.324 e. The van der Waals surface area contributed by atoms with E-state index in [-0.39, 0.29) is 6.54 Å². The van der Waals surface area contributed by atoms with Crippen molar-refractivity contribution in [3.63, 3.8) is 0 Å². The molecule has 0 saturated heterocycles. The highest BCUT2D eigenvalue weighted by Gasteiger charge is 2.35. The number of hydrogen-bond donors (Lipinski definition) is 1. The largest absolute Gasteiger partial charge is 0.324 e. The van der Waals surface area contributed by atoms with Crippen molar-refractivity contribution in [1.29, 1.82) is 0 Å². The molecule has 1 aliphatic heterocycles. The minimum absolute atomic E-state index is 0.333. The third-order valence-corrected chi connectivity index (χ3v) is 4.95. The maximum Gasteiger partial charge on any atom is 0.261 e. The van der Waals surface area contributed by atoms with Gasteiger partial charge in [0.05, 0.1) is 6.04 Å². The Balaban J connectivity index is 1.93. The van der Waals surface area contributed by atoms with E-state index in [1.165, 1.54) is 11.0 Å². The van der Waals surface area contributed by atoms with Gasteiger partial charge in [0.1, 0.15) is 23.7 Å². The van der Waals surface area contributed by atoms with Crippen LogP contribution in [0.4, 0.5) is 14.5 Å². The van der Waals surface area contributed by atoms with Crippen LogP contribution in [0.3, 0.4) is 0 Å². The molecule has 0 unspecified atom stereocenters. The second-order valence-corrected chi connectivity index (χ2v) is 6.98. The summed E-state index contributed by atoms with van der Waals surface area (Å²) in [7, 11) is 0. The van der Waals surface area contributed by atoms with Crippen molar-refractivity contribution in [2.45, 2.75) is 13.0 Å². The molecule has 0 spiro atoms. The quantitative estimate of drug-likeness (QED) is 0.700. The lowest BCUT2D eigenvalue weighted by atomic mass is 9.94. The third kappa shape index (κ3) is 3.49. The lowest BCUT2D eigenvalue weighted by Crippen LogP contribution is -2.39. The van der Waals surface area contributed by atoms with Crippen molar-refractivity contribution in [3.8, 4) is 0 Å². The minimum atomic E-state index is -0.962. The van der Waals surface area contributed by atoms with Crippen molar-refractivity contribution >= 4 is 17.5 Å². The molecule has 6 heteroatoms. The lowest BCUT2D eigenvalue weighted by Gasteiger charge is -2.31. The summed E-state index contributed by atoms with van der Waals surface area (Å²) in [5.41, 5.74) is 2.26. The first-order valence-corrected chi connectivity index (χ1v) is 9.16. The predicted octanol–water partition coefficient (Wildman–Crippen LogP) is 4.46. The van der Waals surface area contributed by atoms with Crippen molar-refractivity contribution in [1.82, 2.24) is 4.90 Å². The molecule has 0 bridgehead atoms. The van der Waals surface area contributed by atoms with Gasteiger partial charge >= 0.3 is 0 Å². The normalized spacial score (nSPS) is 16.0. The molecule has 29 heavy (non-hydrogen) atoms. The van der Waals surface area contributed by atoms with Gasteiger partial charge in [0, 0.05) is 11.3 Å². The molecule has 1 aliphatic rings. The molecule has 0 fully saturated rings. The van der Waals surface area contributed by atoms with Crippen molar-refractivity contribution in [2.75, 3.05) is 11.9 Å². The van der Waals surface area contributed by atoms with E-state index in [1.54, 1.807) is 6.07 Å². The second-order valence-electron chi connectivity index (χ2n) is 6.98. The number of aryl methyl sites for hydroxylation is 1. The van der Waals surface area contributed by atoms with E-state index in [4.69, 9.17) is 0 Å². The molecule has 0 saturated carbocycles. The lowest BCUT2D eigenvalue weighted by molar-refractivity contribution is -0.117. The van der Waals surface area contributed by atoms with E-state index in [2.05, 4.69) is 5.32 Å². The summed E-state index contributed by atoms with van der Waals surface area (Å²) in [6, 6.07) is 17.2. The molecule has 4 rings (SSSR count). The topological polar surface area (TPSA) is 49.4 Å². The van der Waals surface area contributed by atoms with Crippen molar-refractivity contribution in [2.24, 2.45) is 0 Å². The number of halogens is 2. The Hall–Kier alpha value is -3.54. The van der Waals surface area contributed by atoms with Crippen LogP contribution in [-0.4, -0.2) is 23.3 Å². The fourth-order valence-corrected chi connectivity index (χ4v) is 3.66. The highest BCUT2D eigenvalue weighted by atomic mass is 19.1. The number of fused-ring (bicyclic) bond motifs is 1. The Labute approximate surface area is 166 Å². The Bertz CT molecular complexity index is 1080. The van der Waals surface area contributed by atoms with Gasteiger partial charge in [-0.15, -0.1) is 0 Å². The van der Waals surface area contributed by atoms with Gasteiger partial charge in [-0.05, 0) is 30.7 Å². The summed E-state index contributed by atoms with van der Waals surface area (Å²) in [5, 5.41) is 2.79. The summed E-state index contributed by atoms with van der Waals surface area (Å²) in [4.78, 5) is 27.0. The number of carbonyl (C=O) groups excluding carboxylic acids is 2. The Kier molecular flexibility index (Phi) is 4.84. The predicted molar refractivity (Wildman–Crippen MR) is 105 cm³/mol. The highest BCUT2D eigenvalue weighted by Crippen LogP contribution is 2.37. The van der Waals surface area contributed by atoms with Gasteiger partial charge in [0.15, 0.2) is 0 Å². The Morgan fingerprint density at radius 2 is 1.69 bits per heavy atom. The molecule has 0 aliphatic carbocycles. The number of amides is 2.